The number of amides is 1. The van der Waals surface area contributed by atoms with Crippen LogP contribution in [0.5, 0.6) is 0 Å². The van der Waals surface area contributed by atoms with Crippen molar-refractivity contribution in [3.63, 3.8) is 0 Å². The Hall–Kier alpha value is -0.930. The van der Waals surface area contributed by atoms with Crippen LogP contribution >= 0.6 is 57.4 Å². The Kier molecular flexibility index (Phi) is 4.91. The normalized spacial score (nSPS) is 10.7. The second-order valence-corrected chi connectivity index (χ2v) is 8.75. The molecule has 0 atom stereocenters. The maximum absolute atomic E-state index is 12.0. The standard InChI is InChI=1S/C12H8ClN3OS4/c13-9-4-3-8(20-9)10(17)14-11-15-16-12(21-11)19-6-7-2-1-5-18-7/h1-5H,6H2,(H,14,15,17). The highest BCUT2D eigenvalue weighted by molar-refractivity contribution is 8.00. The molecule has 108 valence electrons. The molecule has 0 fully saturated rings. The molecule has 1 N–H and O–H groups in total. The van der Waals surface area contributed by atoms with Gasteiger partial charge in [0.1, 0.15) is 0 Å². The van der Waals surface area contributed by atoms with Gasteiger partial charge in [-0.05, 0) is 23.6 Å². The second-order valence-electron chi connectivity index (χ2n) is 3.80. The first-order valence-electron chi connectivity index (χ1n) is 5.76. The monoisotopic (exact) mass is 373 g/mol. The fourth-order valence-corrected chi connectivity index (χ4v) is 4.90. The third-order valence-electron chi connectivity index (χ3n) is 2.34. The topological polar surface area (TPSA) is 54.9 Å². The fraction of sp³-hybridized carbons (Fsp3) is 0.0833. The molecule has 0 saturated carbocycles. The van der Waals surface area contributed by atoms with Crippen LogP contribution in [0.1, 0.15) is 14.5 Å². The van der Waals surface area contributed by atoms with Crippen LogP contribution in [0, 0.1) is 0 Å². The van der Waals surface area contributed by atoms with Crippen LogP contribution in [0.2, 0.25) is 4.34 Å². The number of halogens is 1. The van der Waals surface area contributed by atoms with Gasteiger partial charge in [-0.3, -0.25) is 10.1 Å². The van der Waals surface area contributed by atoms with Crippen molar-refractivity contribution in [2.24, 2.45) is 0 Å². The molecule has 9 heteroatoms. The average molecular weight is 374 g/mol. The highest BCUT2D eigenvalue weighted by atomic mass is 35.5. The van der Waals surface area contributed by atoms with Crippen molar-refractivity contribution in [2.45, 2.75) is 10.1 Å². The summed E-state index contributed by atoms with van der Waals surface area (Å²) < 4.78 is 1.42. The molecule has 21 heavy (non-hydrogen) atoms. The Balaban J connectivity index is 1.58. The predicted octanol–water partition coefficient (Wildman–Crippen LogP) is 4.86. The van der Waals surface area contributed by atoms with Gasteiger partial charge in [-0.15, -0.1) is 32.9 Å². The molecule has 3 aromatic rings. The summed E-state index contributed by atoms with van der Waals surface area (Å²) in [5.74, 6) is 0.652. The summed E-state index contributed by atoms with van der Waals surface area (Å²) >= 11 is 11.7. The molecule has 3 aromatic heterocycles. The number of carbonyl (C=O) groups is 1. The molecule has 3 rings (SSSR count). The summed E-state index contributed by atoms with van der Waals surface area (Å²) in [4.78, 5) is 13.8. The van der Waals surface area contributed by atoms with E-state index in [1.165, 1.54) is 27.6 Å². The fourth-order valence-electron chi connectivity index (χ4n) is 1.44. The van der Waals surface area contributed by atoms with Crippen LogP contribution in [-0.2, 0) is 5.75 Å². The van der Waals surface area contributed by atoms with E-state index in [0.29, 0.717) is 14.3 Å². The van der Waals surface area contributed by atoms with Gasteiger partial charge in [0, 0.05) is 10.6 Å². The number of nitrogens with zero attached hydrogens (tertiary/aromatic N) is 2. The number of hydrogen-bond acceptors (Lipinski definition) is 7. The van der Waals surface area contributed by atoms with E-state index >= 15 is 0 Å². The van der Waals surface area contributed by atoms with Gasteiger partial charge >= 0.3 is 0 Å². The molecule has 4 nitrogen and oxygen atoms in total. The number of thiophene rings is 2. The molecule has 0 spiro atoms. The van der Waals surface area contributed by atoms with E-state index in [-0.39, 0.29) is 5.91 Å². The molecule has 0 aromatic carbocycles. The number of aromatic nitrogens is 2. The number of rotatable bonds is 5. The van der Waals surface area contributed by atoms with E-state index in [4.69, 9.17) is 11.6 Å². The summed E-state index contributed by atoms with van der Waals surface area (Å²) in [6.45, 7) is 0. The first-order chi connectivity index (χ1) is 10.2. The highest BCUT2D eigenvalue weighted by Gasteiger charge is 2.12. The van der Waals surface area contributed by atoms with E-state index in [1.807, 2.05) is 11.4 Å². The van der Waals surface area contributed by atoms with Gasteiger partial charge in [0.05, 0.1) is 9.21 Å². The van der Waals surface area contributed by atoms with E-state index in [9.17, 15) is 4.79 Å². The molecule has 1 amide bonds. The van der Waals surface area contributed by atoms with Gasteiger partial charge in [0.15, 0.2) is 4.34 Å². The Morgan fingerprint density at radius 1 is 1.29 bits per heavy atom. The average Bonchev–Trinajstić information content (AvgIpc) is 3.17. The number of carbonyl (C=O) groups excluding carboxylic acids is 1. The van der Waals surface area contributed by atoms with Gasteiger partial charge in [-0.1, -0.05) is 40.8 Å². The Bertz CT molecular complexity index is 737. The van der Waals surface area contributed by atoms with Crippen molar-refractivity contribution in [2.75, 3.05) is 5.32 Å². The minimum absolute atomic E-state index is 0.210. The SMILES string of the molecule is O=C(Nc1nnc(SCc2cccs2)s1)c1ccc(Cl)s1. The van der Waals surface area contributed by atoms with Crippen molar-refractivity contribution in [3.05, 3.63) is 43.7 Å². The third-order valence-corrected chi connectivity index (χ3v) is 6.65. The lowest BCUT2D eigenvalue weighted by Gasteiger charge is -1.96. The van der Waals surface area contributed by atoms with Crippen LogP contribution in [0.3, 0.4) is 0 Å². The quantitative estimate of drug-likeness (QED) is 0.512. The maximum Gasteiger partial charge on any atom is 0.267 e. The number of nitrogens with one attached hydrogen (secondary N) is 1. The lowest BCUT2D eigenvalue weighted by Crippen LogP contribution is -2.09. The summed E-state index contributed by atoms with van der Waals surface area (Å²) in [5, 5.41) is 13.3. The van der Waals surface area contributed by atoms with Crippen molar-refractivity contribution in [1.29, 1.82) is 0 Å². The lowest BCUT2D eigenvalue weighted by molar-refractivity contribution is 0.103. The van der Waals surface area contributed by atoms with Gasteiger partial charge in [-0.25, -0.2) is 0 Å². The number of hydrogen-bond donors (Lipinski definition) is 1. The molecule has 0 aliphatic rings. The molecular weight excluding hydrogens is 366 g/mol. The zero-order chi connectivity index (χ0) is 14.7. The van der Waals surface area contributed by atoms with Crippen LogP contribution < -0.4 is 5.32 Å². The molecule has 3 heterocycles. The van der Waals surface area contributed by atoms with Crippen molar-refractivity contribution >= 4 is 68.4 Å². The first-order valence-corrected chi connectivity index (χ1v) is 9.64. The molecule has 0 bridgehead atoms. The predicted molar refractivity (Wildman–Crippen MR) is 91.1 cm³/mol. The van der Waals surface area contributed by atoms with Crippen LogP contribution in [-0.4, -0.2) is 16.1 Å². The van der Waals surface area contributed by atoms with Gasteiger partial charge < -0.3 is 0 Å². The minimum Gasteiger partial charge on any atom is -0.296 e. The molecule has 0 saturated heterocycles. The van der Waals surface area contributed by atoms with Crippen LogP contribution in [0.15, 0.2) is 34.0 Å². The Morgan fingerprint density at radius 3 is 2.90 bits per heavy atom. The Labute approximate surface area is 142 Å². The van der Waals surface area contributed by atoms with E-state index in [2.05, 4.69) is 21.6 Å². The third kappa shape index (κ3) is 4.04. The maximum atomic E-state index is 12.0. The first kappa shape index (κ1) is 15.0. The van der Waals surface area contributed by atoms with Gasteiger partial charge in [0.2, 0.25) is 5.13 Å². The smallest absolute Gasteiger partial charge is 0.267 e. The molecule has 0 aliphatic carbocycles. The molecule has 0 aliphatic heterocycles. The van der Waals surface area contributed by atoms with E-state index < -0.39 is 0 Å². The van der Waals surface area contributed by atoms with Gasteiger partial charge in [0.25, 0.3) is 5.91 Å². The summed E-state index contributed by atoms with van der Waals surface area (Å²) in [7, 11) is 0. The van der Waals surface area contributed by atoms with Crippen LogP contribution in [0.25, 0.3) is 0 Å². The molecule has 0 unspecified atom stereocenters. The minimum atomic E-state index is -0.210. The second kappa shape index (κ2) is 6.89. The number of thioether (sulfide) groups is 1. The van der Waals surface area contributed by atoms with Gasteiger partial charge in [-0.2, -0.15) is 0 Å². The highest BCUT2D eigenvalue weighted by Crippen LogP contribution is 2.30. The van der Waals surface area contributed by atoms with Crippen molar-refractivity contribution in [3.8, 4) is 0 Å². The lowest BCUT2D eigenvalue weighted by atomic mass is 10.4. The number of anilines is 1. The zero-order valence-corrected chi connectivity index (χ0v) is 14.4. The Morgan fingerprint density at radius 2 is 2.19 bits per heavy atom. The van der Waals surface area contributed by atoms with E-state index in [1.54, 1.807) is 35.2 Å². The van der Waals surface area contributed by atoms with Crippen molar-refractivity contribution < 1.29 is 4.79 Å². The van der Waals surface area contributed by atoms with E-state index in [0.717, 1.165) is 10.1 Å². The molecular formula is C12H8ClN3OS4. The largest absolute Gasteiger partial charge is 0.296 e. The van der Waals surface area contributed by atoms with Crippen LogP contribution in [0.4, 0.5) is 5.13 Å². The summed E-state index contributed by atoms with van der Waals surface area (Å²) in [6, 6.07) is 7.50. The van der Waals surface area contributed by atoms with Crippen molar-refractivity contribution in [1.82, 2.24) is 10.2 Å². The summed E-state index contributed by atoms with van der Waals surface area (Å²) in [5.41, 5.74) is 0. The zero-order valence-electron chi connectivity index (χ0n) is 10.4. The molecule has 0 radical (unpaired) electrons. The summed E-state index contributed by atoms with van der Waals surface area (Å²) in [6.07, 6.45) is 0.